The lowest BCUT2D eigenvalue weighted by molar-refractivity contribution is -0.385. The third kappa shape index (κ3) is 2.64. The van der Waals surface area contributed by atoms with E-state index >= 15 is 0 Å². The van der Waals surface area contributed by atoms with Crippen molar-refractivity contribution in [3.8, 4) is 5.69 Å². The third-order valence-electron chi connectivity index (χ3n) is 2.63. The summed E-state index contributed by atoms with van der Waals surface area (Å²) in [4.78, 5) is 10.6. The predicted molar refractivity (Wildman–Crippen MR) is 77.0 cm³/mol. The van der Waals surface area contributed by atoms with Gasteiger partial charge < -0.3 is 0 Å². The van der Waals surface area contributed by atoms with E-state index in [2.05, 4.69) is 21.0 Å². The Kier molecular flexibility index (Phi) is 3.91. The van der Waals surface area contributed by atoms with Crippen LogP contribution in [0.15, 0.2) is 28.7 Å². The zero-order valence-corrected chi connectivity index (χ0v) is 12.6. The summed E-state index contributed by atoms with van der Waals surface area (Å²) in [5.41, 5.74) is 0.945. The molecule has 0 saturated carbocycles. The molecule has 0 bridgehead atoms. The fraction of sp³-hybridized carbons (Fsp3) is 0.250. The summed E-state index contributed by atoms with van der Waals surface area (Å²) < 4.78 is 2.31. The van der Waals surface area contributed by atoms with Gasteiger partial charge in [0.2, 0.25) is 5.15 Å². The van der Waals surface area contributed by atoms with E-state index in [1.165, 1.54) is 4.68 Å². The van der Waals surface area contributed by atoms with Gasteiger partial charge in [0.25, 0.3) is 0 Å². The molecule has 0 N–H and O–H groups in total. The van der Waals surface area contributed by atoms with E-state index in [0.29, 0.717) is 11.4 Å². The van der Waals surface area contributed by atoms with Crippen LogP contribution in [0.4, 0.5) is 5.69 Å². The molecular formula is C12H11BrClN3O2. The number of hydrogen-bond donors (Lipinski definition) is 0. The van der Waals surface area contributed by atoms with Crippen molar-refractivity contribution in [1.29, 1.82) is 0 Å². The van der Waals surface area contributed by atoms with Crippen molar-refractivity contribution >= 4 is 33.2 Å². The number of nitrogens with zero attached hydrogens (tertiary/aromatic N) is 3. The molecule has 5 nitrogen and oxygen atoms in total. The minimum Gasteiger partial charge on any atom is -0.258 e. The molecule has 0 atom stereocenters. The van der Waals surface area contributed by atoms with Gasteiger partial charge in [0.15, 0.2) is 0 Å². The number of hydrogen-bond acceptors (Lipinski definition) is 3. The number of rotatable bonds is 3. The fourth-order valence-corrected chi connectivity index (χ4v) is 2.28. The van der Waals surface area contributed by atoms with E-state index in [9.17, 15) is 10.1 Å². The Labute approximate surface area is 123 Å². The normalized spacial score (nSPS) is 11.0. The van der Waals surface area contributed by atoms with Crippen LogP contribution in [-0.2, 0) is 0 Å². The topological polar surface area (TPSA) is 61.0 Å². The lowest BCUT2D eigenvalue weighted by atomic mass is 10.1. The van der Waals surface area contributed by atoms with Gasteiger partial charge in [-0.25, -0.2) is 4.68 Å². The largest absolute Gasteiger partial charge is 0.329 e. The second kappa shape index (κ2) is 5.30. The Morgan fingerprint density at radius 1 is 1.37 bits per heavy atom. The lowest BCUT2D eigenvalue weighted by Crippen LogP contribution is -1.98. The minimum absolute atomic E-state index is 0.0241. The summed E-state index contributed by atoms with van der Waals surface area (Å²) in [5, 5.41) is 15.4. The summed E-state index contributed by atoms with van der Waals surface area (Å²) in [5.74, 6) is -0.0744. The first kappa shape index (κ1) is 14.0. The number of benzene rings is 1. The van der Waals surface area contributed by atoms with E-state index in [0.717, 1.165) is 4.47 Å². The Balaban J connectivity index is 2.62. The highest BCUT2D eigenvalue weighted by Crippen LogP contribution is 2.34. The van der Waals surface area contributed by atoms with Gasteiger partial charge in [0.1, 0.15) is 5.69 Å². The van der Waals surface area contributed by atoms with E-state index in [1.54, 1.807) is 12.1 Å². The number of nitro groups is 1. The molecule has 100 valence electrons. The maximum Gasteiger partial charge on any atom is 0.329 e. The van der Waals surface area contributed by atoms with E-state index < -0.39 is 4.92 Å². The number of aromatic nitrogens is 2. The van der Waals surface area contributed by atoms with Crippen LogP contribution in [0.1, 0.15) is 25.5 Å². The standard InChI is InChI=1S/C12H11BrClN3O2/c1-7(2)10-11(17(18)19)12(14)16(15-10)9-5-3-8(13)4-6-9/h3-7H,1-2H3. The Bertz CT molecular complexity index is 623. The SMILES string of the molecule is CC(C)c1nn(-c2ccc(Br)cc2)c(Cl)c1[N+](=O)[O-]. The molecule has 0 aliphatic carbocycles. The Morgan fingerprint density at radius 2 is 1.95 bits per heavy atom. The van der Waals surface area contributed by atoms with Crippen molar-refractivity contribution in [2.24, 2.45) is 0 Å². The van der Waals surface area contributed by atoms with Crippen molar-refractivity contribution in [1.82, 2.24) is 9.78 Å². The van der Waals surface area contributed by atoms with Crippen LogP contribution in [0, 0.1) is 10.1 Å². The summed E-state index contributed by atoms with van der Waals surface area (Å²) >= 11 is 9.42. The van der Waals surface area contributed by atoms with Gasteiger partial charge in [-0.05, 0) is 24.3 Å². The highest BCUT2D eigenvalue weighted by atomic mass is 79.9. The maximum atomic E-state index is 11.1. The molecule has 2 aromatic rings. The molecule has 0 fully saturated rings. The van der Waals surface area contributed by atoms with Gasteiger partial charge in [0, 0.05) is 10.4 Å². The van der Waals surface area contributed by atoms with Gasteiger partial charge >= 0.3 is 5.69 Å². The summed E-state index contributed by atoms with van der Waals surface area (Å²) in [6.07, 6.45) is 0. The van der Waals surface area contributed by atoms with Crippen molar-refractivity contribution in [2.45, 2.75) is 19.8 Å². The van der Waals surface area contributed by atoms with Crippen LogP contribution >= 0.6 is 27.5 Å². The molecule has 0 aliphatic rings. The van der Waals surface area contributed by atoms with Gasteiger partial charge in [-0.2, -0.15) is 5.10 Å². The monoisotopic (exact) mass is 343 g/mol. The first-order chi connectivity index (χ1) is 8.91. The van der Waals surface area contributed by atoms with Gasteiger partial charge in [-0.15, -0.1) is 0 Å². The van der Waals surface area contributed by atoms with Gasteiger partial charge in [0.05, 0.1) is 10.6 Å². The molecule has 0 unspecified atom stereocenters. The molecule has 1 heterocycles. The second-order valence-electron chi connectivity index (χ2n) is 4.32. The van der Waals surface area contributed by atoms with Crippen molar-refractivity contribution < 1.29 is 4.92 Å². The van der Waals surface area contributed by atoms with E-state index in [-0.39, 0.29) is 16.8 Å². The molecule has 0 amide bonds. The van der Waals surface area contributed by atoms with Crippen LogP contribution < -0.4 is 0 Å². The van der Waals surface area contributed by atoms with Crippen molar-refractivity contribution in [2.75, 3.05) is 0 Å². The molecule has 0 radical (unpaired) electrons. The zero-order chi connectivity index (χ0) is 14.2. The van der Waals surface area contributed by atoms with Crippen LogP contribution in [0.3, 0.4) is 0 Å². The van der Waals surface area contributed by atoms with Crippen molar-refractivity contribution in [3.05, 3.63) is 49.7 Å². The molecule has 0 spiro atoms. The van der Waals surface area contributed by atoms with E-state index in [1.807, 2.05) is 26.0 Å². The molecule has 19 heavy (non-hydrogen) atoms. The van der Waals surface area contributed by atoms with Crippen LogP contribution in [0.25, 0.3) is 5.69 Å². The average molecular weight is 345 g/mol. The smallest absolute Gasteiger partial charge is 0.258 e. The first-order valence-corrected chi connectivity index (χ1v) is 6.77. The minimum atomic E-state index is -0.486. The first-order valence-electron chi connectivity index (χ1n) is 5.60. The molecule has 1 aromatic carbocycles. The fourth-order valence-electron chi connectivity index (χ4n) is 1.72. The van der Waals surface area contributed by atoms with Crippen LogP contribution in [0.5, 0.6) is 0 Å². The summed E-state index contributed by atoms with van der Waals surface area (Å²) in [6, 6.07) is 7.23. The number of halogens is 2. The zero-order valence-electron chi connectivity index (χ0n) is 10.3. The Morgan fingerprint density at radius 3 is 2.37 bits per heavy atom. The highest BCUT2D eigenvalue weighted by molar-refractivity contribution is 9.10. The lowest BCUT2D eigenvalue weighted by Gasteiger charge is -2.02. The maximum absolute atomic E-state index is 11.1. The molecule has 1 aromatic heterocycles. The van der Waals surface area contributed by atoms with E-state index in [4.69, 9.17) is 11.6 Å². The Hall–Kier alpha value is -1.40. The molecular weight excluding hydrogens is 334 g/mol. The van der Waals surface area contributed by atoms with Gasteiger partial charge in [-0.1, -0.05) is 41.4 Å². The van der Waals surface area contributed by atoms with Crippen LogP contribution in [-0.4, -0.2) is 14.7 Å². The average Bonchev–Trinajstić information content (AvgIpc) is 2.68. The second-order valence-corrected chi connectivity index (χ2v) is 5.60. The third-order valence-corrected chi connectivity index (χ3v) is 3.50. The quantitative estimate of drug-likeness (QED) is 0.615. The molecule has 7 heteroatoms. The molecule has 0 aliphatic heterocycles. The highest BCUT2D eigenvalue weighted by Gasteiger charge is 2.28. The summed E-state index contributed by atoms with van der Waals surface area (Å²) in [6.45, 7) is 3.69. The molecule has 0 saturated heterocycles. The molecule has 2 rings (SSSR count). The summed E-state index contributed by atoms with van der Waals surface area (Å²) in [7, 11) is 0. The van der Waals surface area contributed by atoms with Crippen molar-refractivity contribution in [3.63, 3.8) is 0 Å². The van der Waals surface area contributed by atoms with Crippen LogP contribution in [0.2, 0.25) is 5.15 Å². The predicted octanol–water partition coefficient (Wildman–Crippen LogP) is 4.32. The van der Waals surface area contributed by atoms with Gasteiger partial charge in [-0.3, -0.25) is 10.1 Å².